The van der Waals surface area contributed by atoms with E-state index in [-0.39, 0.29) is 5.30 Å². The van der Waals surface area contributed by atoms with Crippen molar-refractivity contribution in [1.29, 1.82) is 0 Å². The second-order valence-electron chi connectivity index (χ2n) is 4.66. The van der Waals surface area contributed by atoms with Gasteiger partial charge >= 0.3 is 0 Å². The summed E-state index contributed by atoms with van der Waals surface area (Å²) in [5.74, 6) is 0.389. The predicted octanol–water partition coefficient (Wildman–Crippen LogP) is 0.711. The van der Waals surface area contributed by atoms with Gasteiger partial charge in [0.2, 0.25) is 0 Å². The van der Waals surface area contributed by atoms with Crippen LogP contribution in [-0.4, -0.2) is 5.60 Å². The maximum absolute atomic E-state index is 11.0. The molecule has 1 aromatic carbocycles. The molecule has 0 heterocycles. The van der Waals surface area contributed by atoms with Crippen LogP contribution in [-0.2, 0) is 4.57 Å². The van der Waals surface area contributed by atoms with E-state index in [0.29, 0.717) is 11.3 Å². The van der Waals surface area contributed by atoms with Crippen molar-refractivity contribution in [3.63, 3.8) is 0 Å². The van der Waals surface area contributed by atoms with E-state index in [0.717, 1.165) is 0 Å². The number of hydrogen-bond acceptors (Lipinski definition) is 4. The van der Waals surface area contributed by atoms with Gasteiger partial charge in [-0.25, -0.2) is 0 Å². The SMILES string of the molecule is Cc1ccc(OC(C)(C)C)cc1P(=O)([O-])[O-]. The van der Waals surface area contributed by atoms with Crippen molar-refractivity contribution < 1.29 is 19.1 Å². The third-order valence-corrected chi connectivity index (χ3v) is 2.97. The van der Waals surface area contributed by atoms with Gasteiger partial charge < -0.3 is 19.1 Å². The van der Waals surface area contributed by atoms with Crippen molar-refractivity contribution in [2.24, 2.45) is 0 Å². The fourth-order valence-corrected chi connectivity index (χ4v) is 2.09. The van der Waals surface area contributed by atoms with E-state index >= 15 is 0 Å². The first kappa shape index (κ1) is 13.2. The van der Waals surface area contributed by atoms with Gasteiger partial charge in [0.15, 0.2) is 0 Å². The molecule has 0 saturated carbocycles. The molecule has 0 N–H and O–H groups in total. The first-order valence-corrected chi connectivity index (χ1v) is 6.46. The summed E-state index contributed by atoms with van der Waals surface area (Å²) >= 11 is 0. The number of ether oxygens (including phenoxy) is 1. The summed E-state index contributed by atoms with van der Waals surface area (Å²) in [6.07, 6.45) is 0. The Hall–Kier alpha value is -0.830. The molecular weight excluding hydrogens is 227 g/mol. The summed E-state index contributed by atoms with van der Waals surface area (Å²) in [6.45, 7) is 7.13. The van der Waals surface area contributed by atoms with Gasteiger partial charge in [0.05, 0.1) is 0 Å². The van der Waals surface area contributed by atoms with E-state index in [1.165, 1.54) is 6.07 Å². The van der Waals surface area contributed by atoms with Crippen LogP contribution < -0.4 is 19.8 Å². The highest BCUT2D eigenvalue weighted by Gasteiger charge is 2.13. The zero-order valence-corrected chi connectivity index (χ0v) is 10.7. The third kappa shape index (κ3) is 3.63. The zero-order chi connectivity index (χ0) is 12.6. The Bertz CT molecular complexity index is 428. The lowest BCUT2D eigenvalue weighted by atomic mass is 10.2. The van der Waals surface area contributed by atoms with Crippen LogP contribution >= 0.6 is 7.60 Å². The highest BCUT2D eigenvalue weighted by Crippen LogP contribution is 2.28. The van der Waals surface area contributed by atoms with Gasteiger partial charge in [0, 0.05) is 0 Å². The summed E-state index contributed by atoms with van der Waals surface area (Å²) in [7, 11) is -4.73. The zero-order valence-electron chi connectivity index (χ0n) is 9.81. The van der Waals surface area contributed by atoms with Gasteiger partial charge in [-0.3, -0.25) is 0 Å². The number of benzene rings is 1. The molecule has 0 aliphatic rings. The van der Waals surface area contributed by atoms with Crippen LogP contribution in [0.1, 0.15) is 26.3 Å². The molecule has 0 atom stereocenters. The van der Waals surface area contributed by atoms with Crippen molar-refractivity contribution in [2.75, 3.05) is 0 Å². The van der Waals surface area contributed by atoms with Gasteiger partial charge in [-0.1, -0.05) is 6.07 Å². The Morgan fingerprint density at radius 1 is 1.25 bits per heavy atom. The fraction of sp³-hybridized carbons (Fsp3) is 0.455. The van der Waals surface area contributed by atoms with E-state index < -0.39 is 13.2 Å². The van der Waals surface area contributed by atoms with Gasteiger partial charge in [-0.05, 0) is 58.3 Å². The first-order valence-electron chi connectivity index (χ1n) is 4.92. The Morgan fingerprint density at radius 2 is 1.81 bits per heavy atom. The Kier molecular flexibility index (Phi) is 3.48. The monoisotopic (exact) mass is 242 g/mol. The molecule has 0 aliphatic heterocycles. The molecule has 1 rings (SSSR count). The lowest BCUT2D eigenvalue weighted by Gasteiger charge is -2.32. The van der Waals surface area contributed by atoms with Gasteiger partial charge in [-0.2, -0.15) is 0 Å². The topological polar surface area (TPSA) is 72.4 Å². The van der Waals surface area contributed by atoms with Crippen LogP contribution in [0.2, 0.25) is 0 Å². The lowest BCUT2D eigenvalue weighted by molar-refractivity contribution is -0.308. The highest BCUT2D eigenvalue weighted by molar-refractivity contribution is 7.57. The second kappa shape index (κ2) is 4.21. The minimum atomic E-state index is -4.73. The molecule has 0 saturated heterocycles. The summed E-state index contributed by atoms with van der Waals surface area (Å²) in [5.41, 5.74) is 0.0111. The van der Waals surface area contributed by atoms with E-state index in [2.05, 4.69) is 0 Å². The minimum Gasteiger partial charge on any atom is -0.807 e. The molecular formula is C11H15O4P-2. The van der Waals surface area contributed by atoms with Crippen LogP contribution in [0.25, 0.3) is 0 Å². The molecule has 0 aromatic heterocycles. The number of aryl methyl sites for hydroxylation is 1. The Balaban J connectivity index is 3.14. The first-order chi connectivity index (χ1) is 7.09. The molecule has 0 aliphatic carbocycles. The van der Waals surface area contributed by atoms with E-state index in [9.17, 15) is 14.4 Å². The summed E-state index contributed by atoms with van der Waals surface area (Å²) in [5, 5.41) is -0.200. The number of hydrogen-bond donors (Lipinski definition) is 0. The van der Waals surface area contributed by atoms with E-state index in [1.54, 1.807) is 19.1 Å². The molecule has 0 spiro atoms. The van der Waals surface area contributed by atoms with Crippen molar-refractivity contribution in [2.45, 2.75) is 33.3 Å². The van der Waals surface area contributed by atoms with Crippen LogP contribution in [0.3, 0.4) is 0 Å². The highest BCUT2D eigenvalue weighted by atomic mass is 31.2. The standard InChI is InChI=1S/C11H17O4P/c1-8-5-6-9(15-11(2,3)4)7-10(8)16(12,13)14/h5-7H,1-4H3,(H2,12,13,14)/p-2. The van der Waals surface area contributed by atoms with E-state index in [4.69, 9.17) is 4.74 Å². The molecule has 0 fully saturated rings. The average molecular weight is 242 g/mol. The summed E-state index contributed by atoms with van der Waals surface area (Å²) in [4.78, 5) is 22.0. The molecule has 0 unspecified atom stereocenters. The molecule has 1 aromatic rings. The van der Waals surface area contributed by atoms with Crippen molar-refractivity contribution in [3.8, 4) is 5.75 Å². The summed E-state index contributed by atoms with van der Waals surface area (Å²) in [6, 6.07) is 4.50. The lowest BCUT2D eigenvalue weighted by Crippen LogP contribution is -2.28. The van der Waals surface area contributed by atoms with Crippen molar-refractivity contribution in [3.05, 3.63) is 23.8 Å². The molecule has 90 valence electrons. The second-order valence-corrected chi connectivity index (χ2v) is 6.14. The normalized spacial score (nSPS) is 12.6. The molecule has 0 amide bonds. The molecule has 4 nitrogen and oxygen atoms in total. The third-order valence-electron chi connectivity index (χ3n) is 1.90. The van der Waals surface area contributed by atoms with Gasteiger partial charge in [-0.15, -0.1) is 0 Å². The maximum Gasteiger partial charge on any atom is 0.120 e. The average Bonchev–Trinajstić information content (AvgIpc) is 2.04. The van der Waals surface area contributed by atoms with Crippen LogP contribution in [0.15, 0.2) is 18.2 Å². The van der Waals surface area contributed by atoms with Crippen molar-refractivity contribution >= 4 is 12.9 Å². The van der Waals surface area contributed by atoms with Gasteiger partial charge in [0.25, 0.3) is 0 Å². The minimum absolute atomic E-state index is 0.200. The van der Waals surface area contributed by atoms with Crippen LogP contribution in [0.5, 0.6) is 5.75 Å². The predicted molar refractivity (Wildman–Crippen MR) is 58.8 cm³/mol. The van der Waals surface area contributed by atoms with E-state index in [1.807, 2.05) is 20.8 Å². The fourth-order valence-electron chi connectivity index (χ4n) is 1.30. The maximum atomic E-state index is 11.0. The largest absolute Gasteiger partial charge is 0.807 e. The number of rotatable bonds is 2. The quantitative estimate of drug-likeness (QED) is 0.716. The molecule has 5 heteroatoms. The van der Waals surface area contributed by atoms with Crippen LogP contribution in [0, 0.1) is 6.92 Å². The van der Waals surface area contributed by atoms with Crippen LogP contribution in [0.4, 0.5) is 0 Å². The smallest absolute Gasteiger partial charge is 0.120 e. The van der Waals surface area contributed by atoms with Gasteiger partial charge in [0.1, 0.15) is 11.4 Å². The molecule has 0 radical (unpaired) electrons. The Labute approximate surface area is 95.4 Å². The Morgan fingerprint density at radius 3 is 2.25 bits per heavy atom. The van der Waals surface area contributed by atoms with Crippen molar-refractivity contribution in [1.82, 2.24) is 0 Å². The summed E-state index contributed by atoms with van der Waals surface area (Å²) < 4.78 is 16.5. The molecule has 16 heavy (non-hydrogen) atoms. The molecule has 0 bridgehead atoms.